The summed E-state index contributed by atoms with van der Waals surface area (Å²) < 4.78 is 16.3. The van der Waals surface area contributed by atoms with Crippen LogP contribution >= 0.6 is 15.9 Å². The van der Waals surface area contributed by atoms with Crippen LogP contribution in [0.5, 0.6) is 5.75 Å². The van der Waals surface area contributed by atoms with Crippen molar-refractivity contribution in [3.63, 3.8) is 0 Å². The fourth-order valence-corrected chi connectivity index (χ4v) is 2.78. The van der Waals surface area contributed by atoms with E-state index in [0.717, 1.165) is 4.47 Å². The molecule has 0 radical (unpaired) electrons. The Hall–Kier alpha value is -2.08. The highest BCUT2D eigenvalue weighted by molar-refractivity contribution is 9.10. The van der Waals surface area contributed by atoms with E-state index < -0.39 is 11.9 Å². The highest BCUT2D eigenvalue weighted by Crippen LogP contribution is 2.43. The topological polar surface area (TPSA) is 61.8 Å². The third kappa shape index (κ3) is 3.32. The Bertz CT molecular complexity index is 711. The van der Waals surface area contributed by atoms with Crippen molar-refractivity contribution in [2.75, 3.05) is 20.3 Å². The second kappa shape index (κ2) is 7.46. The molecule has 0 unspecified atom stereocenters. The average molecular weight is 381 g/mol. The van der Waals surface area contributed by atoms with E-state index in [1.807, 2.05) is 6.07 Å². The van der Waals surface area contributed by atoms with Gasteiger partial charge in [0.15, 0.2) is 0 Å². The third-order valence-corrected chi connectivity index (χ3v) is 3.74. The van der Waals surface area contributed by atoms with Crippen molar-refractivity contribution in [1.82, 2.24) is 0 Å². The summed E-state index contributed by atoms with van der Waals surface area (Å²) in [5, 5.41) is 0. The molecule has 0 fully saturated rings. The Labute approximate surface area is 143 Å². The van der Waals surface area contributed by atoms with Gasteiger partial charge in [-0.2, -0.15) is 0 Å². The van der Waals surface area contributed by atoms with Crippen molar-refractivity contribution in [2.24, 2.45) is 0 Å². The molecule has 0 N–H and O–H groups in total. The number of rotatable bonds is 5. The predicted octanol–water partition coefficient (Wildman–Crippen LogP) is 3.92. The standard InChI is InChI=1S/C17H17BrO5/c1-4-22-16(19)13-11-8-6-7-10(18)9-12(11)14(15(13)21-3)17(20)23-5-2/h6-9H,4-5H2,1-3H3. The van der Waals surface area contributed by atoms with Gasteiger partial charge in [0.05, 0.1) is 20.3 Å². The van der Waals surface area contributed by atoms with E-state index in [4.69, 9.17) is 14.2 Å². The van der Waals surface area contributed by atoms with Crippen LogP contribution in [-0.4, -0.2) is 32.3 Å². The van der Waals surface area contributed by atoms with E-state index in [9.17, 15) is 9.59 Å². The Kier molecular flexibility index (Phi) is 5.60. The van der Waals surface area contributed by atoms with Gasteiger partial charge in [0, 0.05) is 15.6 Å². The minimum absolute atomic E-state index is 0.176. The molecule has 0 aliphatic heterocycles. The van der Waals surface area contributed by atoms with Crippen LogP contribution in [0.2, 0.25) is 0 Å². The van der Waals surface area contributed by atoms with Crippen LogP contribution in [0.3, 0.4) is 0 Å². The number of ether oxygens (including phenoxy) is 3. The molecule has 0 amide bonds. The first-order chi connectivity index (χ1) is 11.0. The molecular weight excluding hydrogens is 364 g/mol. The Morgan fingerprint density at radius 3 is 2.09 bits per heavy atom. The fraction of sp³-hybridized carbons (Fsp3) is 0.294. The molecule has 2 aliphatic carbocycles. The van der Waals surface area contributed by atoms with Gasteiger partial charge >= 0.3 is 11.9 Å². The molecular formula is C17H17BrO5. The van der Waals surface area contributed by atoms with Gasteiger partial charge in [-0.15, -0.1) is 0 Å². The highest BCUT2D eigenvalue weighted by Gasteiger charge is 2.33. The molecule has 2 rings (SSSR count). The van der Waals surface area contributed by atoms with Crippen molar-refractivity contribution < 1.29 is 23.8 Å². The molecule has 0 aromatic carbocycles. The molecule has 0 spiro atoms. The van der Waals surface area contributed by atoms with Crippen LogP contribution < -0.4 is 4.74 Å². The lowest BCUT2D eigenvalue weighted by atomic mass is 10.1. The molecule has 122 valence electrons. The van der Waals surface area contributed by atoms with Gasteiger partial charge in [0.25, 0.3) is 0 Å². The lowest BCUT2D eigenvalue weighted by Gasteiger charge is -2.06. The van der Waals surface area contributed by atoms with Crippen LogP contribution in [0, 0.1) is 0 Å². The summed E-state index contributed by atoms with van der Waals surface area (Å²) in [6.45, 7) is 3.89. The van der Waals surface area contributed by atoms with Gasteiger partial charge in [-0.05, 0) is 26.0 Å². The second-order valence-corrected chi connectivity index (χ2v) is 5.52. The number of carbonyl (C=O) groups excluding carboxylic acids is 2. The average Bonchev–Trinajstić information content (AvgIpc) is 2.69. The number of hydrogen-bond acceptors (Lipinski definition) is 5. The van der Waals surface area contributed by atoms with Crippen LogP contribution in [-0.2, 0) is 9.47 Å². The predicted molar refractivity (Wildman–Crippen MR) is 89.2 cm³/mol. The number of fused-ring (bicyclic) bond motifs is 1. The fourth-order valence-electron chi connectivity index (χ4n) is 2.40. The van der Waals surface area contributed by atoms with Crippen molar-refractivity contribution in [3.05, 3.63) is 39.9 Å². The zero-order valence-electron chi connectivity index (χ0n) is 13.1. The maximum atomic E-state index is 12.4. The van der Waals surface area contributed by atoms with E-state index in [1.165, 1.54) is 7.11 Å². The van der Waals surface area contributed by atoms with E-state index in [-0.39, 0.29) is 30.1 Å². The van der Waals surface area contributed by atoms with E-state index in [1.54, 1.807) is 32.0 Å². The normalized spacial score (nSPS) is 10.4. The third-order valence-electron chi connectivity index (χ3n) is 3.25. The molecule has 0 atom stereocenters. The molecule has 23 heavy (non-hydrogen) atoms. The van der Waals surface area contributed by atoms with Crippen molar-refractivity contribution in [3.8, 4) is 16.9 Å². The molecule has 0 aromatic rings. The van der Waals surface area contributed by atoms with Gasteiger partial charge in [0.1, 0.15) is 16.9 Å². The van der Waals surface area contributed by atoms with Gasteiger partial charge in [0.2, 0.25) is 0 Å². The van der Waals surface area contributed by atoms with Crippen LogP contribution in [0.1, 0.15) is 34.6 Å². The maximum Gasteiger partial charge on any atom is 0.342 e. The Morgan fingerprint density at radius 1 is 1.00 bits per heavy atom. The molecule has 0 bridgehead atoms. The first kappa shape index (κ1) is 17.3. The van der Waals surface area contributed by atoms with E-state index >= 15 is 0 Å². The number of hydrogen-bond donors (Lipinski definition) is 0. The zero-order chi connectivity index (χ0) is 17.0. The Morgan fingerprint density at radius 2 is 1.57 bits per heavy atom. The monoisotopic (exact) mass is 380 g/mol. The lowest BCUT2D eigenvalue weighted by Crippen LogP contribution is -2.08. The van der Waals surface area contributed by atoms with Crippen molar-refractivity contribution in [1.29, 1.82) is 0 Å². The van der Waals surface area contributed by atoms with Crippen molar-refractivity contribution in [2.45, 2.75) is 13.8 Å². The molecule has 0 saturated heterocycles. The smallest absolute Gasteiger partial charge is 0.342 e. The quantitative estimate of drug-likeness (QED) is 0.735. The molecule has 0 aromatic heterocycles. The minimum atomic E-state index is -0.539. The van der Waals surface area contributed by atoms with E-state index in [2.05, 4.69) is 15.9 Å². The molecule has 0 heterocycles. The van der Waals surface area contributed by atoms with Crippen LogP contribution in [0.15, 0.2) is 28.7 Å². The molecule has 6 heteroatoms. The first-order valence-corrected chi connectivity index (χ1v) is 7.97. The van der Waals surface area contributed by atoms with Crippen LogP contribution in [0.25, 0.3) is 11.1 Å². The number of halogens is 1. The zero-order valence-corrected chi connectivity index (χ0v) is 14.7. The molecule has 5 nitrogen and oxygen atoms in total. The molecule has 0 saturated carbocycles. The van der Waals surface area contributed by atoms with Gasteiger partial charge < -0.3 is 14.2 Å². The highest BCUT2D eigenvalue weighted by atomic mass is 79.9. The number of methoxy groups -OCH3 is 1. The summed E-state index contributed by atoms with van der Waals surface area (Å²) in [6, 6.07) is 7.10. The largest absolute Gasteiger partial charge is 0.495 e. The van der Waals surface area contributed by atoms with Crippen molar-refractivity contribution >= 4 is 27.9 Å². The second-order valence-electron chi connectivity index (χ2n) is 4.61. The van der Waals surface area contributed by atoms with Gasteiger partial charge in [-0.25, -0.2) is 9.59 Å². The Balaban J connectivity index is 2.80. The van der Waals surface area contributed by atoms with E-state index in [0.29, 0.717) is 11.1 Å². The summed E-state index contributed by atoms with van der Waals surface area (Å²) >= 11 is 3.40. The first-order valence-electron chi connectivity index (χ1n) is 7.18. The number of esters is 2. The summed E-state index contributed by atoms with van der Waals surface area (Å²) in [5.74, 6) is -0.898. The molecule has 2 aliphatic rings. The lowest BCUT2D eigenvalue weighted by molar-refractivity contribution is 0.0523. The van der Waals surface area contributed by atoms with Crippen LogP contribution in [0.4, 0.5) is 0 Å². The van der Waals surface area contributed by atoms with Gasteiger partial charge in [-0.3, -0.25) is 0 Å². The maximum absolute atomic E-state index is 12.4. The SMILES string of the molecule is CCOC(=O)c1c2cccc(Br)cc-2c(C(=O)OCC)c1OC. The summed E-state index contributed by atoms with van der Waals surface area (Å²) in [5.41, 5.74) is 1.61. The minimum Gasteiger partial charge on any atom is -0.495 e. The number of carbonyl (C=O) groups is 2. The van der Waals surface area contributed by atoms with Gasteiger partial charge in [-0.1, -0.05) is 28.1 Å². The summed E-state index contributed by atoms with van der Waals surface area (Å²) in [4.78, 5) is 24.7. The summed E-state index contributed by atoms with van der Waals surface area (Å²) in [7, 11) is 1.41. The summed E-state index contributed by atoms with van der Waals surface area (Å²) in [6.07, 6.45) is 0.